The van der Waals surface area contributed by atoms with Crippen molar-refractivity contribution in [3.8, 4) is 44.8 Å². The maximum absolute atomic E-state index is 5.77. The summed E-state index contributed by atoms with van der Waals surface area (Å²) in [6.45, 7) is 7.22. The summed E-state index contributed by atoms with van der Waals surface area (Å²) in [5.74, 6) is 1.49. The van der Waals surface area contributed by atoms with Gasteiger partial charge in [-0.2, -0.15) is 0 Å². The van der Waals surface area contributed by atoms with Crippen LogP contribution in [0.2, 0.25) is 0 Å². The summed E-state index contributed by atoms with van der Waals surface area (Å²) >= 11 is 0. The summed E-state index contributed by atoms with van der Waals surface area (Å²) in [7, 11) is 0. The molecule has 0 fully saturated rings. The van der Waals surface area contributed by atoms with Gasteiger partial charge in [-0.25, -0.2) is 9.97 Å². The lowest BCUT2D eigenvalue weighted by molar-refractivity contribution is 0.626. The molecule has 2 nitrogen and oxygen atoms in total. The lowest BCUT2D eigenvalue weighted by Crippen LogP contribution is -2.09. The van der Waals surface area contributed by atoms with Crippen molar-refractivity contribution in [2.24, 2.45) is 0 Å². The van der Waals surface area contributed by atoms with Crippen LogP contribution in [0, 0.1) is 6.92 Å². The molecule has 2 bridgehead atoms. The molecule has 2 aliphatic carbocycles. The van der Waals surface area contributed by atoms with Crippen molar-refractivity contribution < 1.29 is 0 Å². The number of aromatic nitrogens is 2. The fraction of sp³-hybridized carbons (Fsp3) is 0.138. The zero-order chi connectivity index (χ0) is 40.1. The molecule has 0 radical (unpaired) electrons. The molecule has 0 N–H and O–H groups in total. The van der Waals surface area contributed by atoms with E-state index in [2.05, 4.69) is 191 Å². The minimum absolute atomic E-state index is 0.0165. The van der Waals surface area contributed by atoms with E-state index in [9.17, 15) is 0 Å². The van der Waals surface area contributed by atoms with Crippen LogP contribution < -0.4 is 0 Å². The molecule has 286 valence electrons. The van der Waals surface area contributed by atoms with Crippen LogP contribution in [0.5, 0.6) is 0 Å². The molecule has 0 saturated heterocycles. The van der Waals surface area contributed by atoms with Crippen LogP contribution in [0.25, 0.3) is 88.0 Å². The molecule has 9 aromatic carbocycles. The Labute approximate surface area is 351 Å². The standard InChI is InChI=1S/C58H44N2/c1-34-35(2)41-19-9-13-25-47(41)54-36(3)51(44-22-10-8-18-40(34)44)33-39-29-31-50(56-43-21-7-4-16-37(43)28-30-49(56)55(39)54)57-48-26-14-15-27-53(48)59-58(60-57)52-32-38-17-5-6-20-42(38)45-23-11-12-24-46(45)52/h4-28,30,32-35,50H,29,31H2,1-3H3. The Hall–Kier alpha value is -6.90. The fourth-order valence-corrected chi connectivity index (χ4v) is 11.1. The van der Waals surface area contributed by atoms with Gasteiger partial charge in [-0.3, -0.25) is 0 Å². The highest BCUT2D eigenvalue weighted by atomic mass is 14.9. The number of benzene rings is 9. The molecule has 60 heavy (non-hydrogen) atoms. The largest absolute Gasteiger partial charge is 0.232 e. The summed E-state index contributed by atoms with van der Waals surface area (Å²) < 4.78 is 0. The van der Waals surface area contributed by atoms with Gasteiger partial charge < -0.3 is 0 Å². The summed E-state index contributed by atoms with van der Waals surface area (Å²) in [6.07, 6.45) is 1.84. The predicted octanol–water partition coefficient (Wildman–Crippen LogP) is 15.4. The second-order valence-electron chi connectivity index (χ2n) is 17.2. The Morgan fingerprint density at radius 1 is 0.450 bits per heavy atom. The van der Waals surface area contributed by atoms with E-state index in [0.717, 1.165) is 40.8 Å². The van der Waals surface area contributed by atoms with Gasteiger partial charge in [0.15, 0.2) is 5.82 Å². The Morgan fingerprint density at radius 2 is 1.07 bits per heavy atom. The average Bonchev–Trinajstić information content (AvgIpc) is 3.46. The van der Waals surface area contributed by atoms with E-state index in [-0.39, 0.29) is 5.92 Å². The van der Waals surface area contributed by atoms with Crippen LogP contribution in [-0.4, -0.2) is 9.97 Å². The van der Waals surface area contributed by atoms with E-state index in [1.165, 1.54) is 93.5 Å². The average molecular weight is 769 g/mol. The Morgan fingerprint density at radius 3 is 1.87 bits per heavy atom. The van der Waals surface area contributed by atoms with Gasteiger partial charge in [-0.1, -0.05) is 172 Å². The summed E-state index contributed by atoms with van der Waals surface area (Å²) in [5, 5.41) is 8.52. The van der Waals surface area contributed by atoms with Crippen LogP contribution in [-0.2, 0) is 6.42 Å². The number of rotatable bonds is 2. The first-order chi connectivity index (χ1) is 29.5. The van der Waals surface area contributed by atoms with Crippen molar-refractivity contribution in [2.45, 2.75) is 51.4 Å². The predicted molar refractivity (Wildman–Crippen MR) is 252 cm³/mol. The molecule has 0 aliphatic heterocycles. The first kappa shape index (κ1) is 35.1. The molecule has 0 saturated carbocycles. The van der Waals surface area contributed by atoms with E-state index < -0.39 is 0 Å². The second-order valence-corrected chi connectivity index (χ2v) is 17.2. The third kappa shape index (κ3) is 5.20. The zero-order valence-electron chi connectivity index (χ0n) is 34.2. The molecule has 12 rings (SSSR count). The quantitative estimate of drug-likeness (QED) is 0.164. The molecular formula is C58H44N2. The molecule has 3 atom stereocenters. The van der Waals surface area contributed by atoms with Gasteiger partial charge in [0.25, 0.3) is 0 Å². The number of hydrogen-bond acceptors (Lipinski definition) is 2. The number of hydrogen-bond donors (Lipinski definition) is 0. The minimum atomic E-state index is 0.0165. The van der Waals surface area contributed by atoms with Gasteiger partial charge >= 0.3 is 0 Å². The summed E-state index contributed by atoms with van der Waals surface area (Å²) in [6, 6.07) is 63.2. The Bertz CT molecular complexity index is 3390. The Balaban J connectivity index is 1.17. The van der Waals surface area contributed by atoms with Gasteiger partial charge in [-0.05, 0) is 137 Å². The smallest absolute Gasteiger partial charge is 0.160 e. The van der Waals surface area contributed by atoms with Crippen LogP contribution in [0.1, 0.15) is 71.5 Å². The molecule has 3 unspecified atom stereocenters. The topological polar surface area (TPSA) is 25.8 Å². The van der Waals surface area contributed by atoms with E-state index in [4.69, 9.17) is 9.97 Å². The monoisotopic (exact) mass is 768 g/mol. The Kier molecular flexibility index (Phi) is 7.94. The minimum Gasteiger partial charge on any atom is -0.232 e. The van der Waals surface area contributed by atoms with E-state index >= 15 is 0 Å². The van der Waals surface area contributed by atoms with Gasteiger partial charge in [0.05, 0.1) is 11.2 Å². The lowest BCUT2D eigenvalue weighted by Gasteiger charge is -2.25. The highest BCUT2D eigenvalue weighted by molar-refractivity contribution is 6.13. The second kappa shape index (κ2) is 13.6. The van der Waals surface area contributed by atoms with Gasteiger partial charge in [0, 0.05) is 16.9 Å². The van der Waals surface area contributed by atoms with Crippen molar-refractivity contribution in [1.82, 2.24) is 9.97 Å². The van der Waals surface area contributed by atoms with Gasteiger partial charge in [0.1, 0.15) is 0 Å². The van der Waals surface area contributed by atoms with Gasteiger partial charge in [-0.15, -0.1) is 0 Å². The first-order valence-electron chi connectivity index (χ1n) is 21.6. The van der Waals surface area contributed by atoms with E-state index in [1.807, 2.05) is 0 Å². The maximum atomic E-state index is 5.77. The zero-order valence-corrected chi connectivity index (χ0v) is 34.2. The number of fused-ring (bicyclic) bond motifs is 16. The molecule has 0 amide bonds. The first-order valence-corrected chi connectivity index (χ1v) is 21.6. The maximum Gasteiger partial charge on any atom is 0.160 e. The van der Waals surface area contributed by atoms with Crippen molar-refractivity contribution >= 4 is 43.2 Å². The third-order valence-electron chi connectivity index (χ3n) is 14.1. The number of para-hydroxylation sites is 1. The summed E-state index contributed by atoms with van der Waals surface area (Å²) in [5.41, 5.74) is 18.3. The SMILES string of the molecule is Cc1c2cc3c(c1-c1ccccc1C(C)C(C)c1ccccc1-2)-c1ccc2ccccc2c1C(c1nc(-c2cc4ccccc4c4ccccc24)nc2ccccc12)CC3. The third-order valence-corrected chi connectivity index (χ3v) is 14.1. The van der Waals surface area contributed by atoms with Crippen molar-refractivity contribution in [2.75, 3.05) is 0 Å². The molecule has 1 aromatic heterocycles. The molecule has 0 spiro atoms. The van der Waals surface area contributed by atoms with Crippen molar-refractivity contribution in [1.29, 1.82) is 0 Å². The molecule has 1 heterocycles. The normalized spacial score (nSPS) is 16.9. The molecule has 10 aromatic rings. The highest BCUT2D eigenvalue weighted by Gasteiger charge is 2.34. The van der Waals surface area contributed by atoms with E-state index in [1.54, 1.807) is 0 Å². The highest BCUT2D eigenvalue weighted by Crippen LogP contribution is 2.54. The van der Waals surface area contributed by atoms with E-state index in [0.29, 0.717) is 11.8 Å². The van der Waals surface area contributed by atoms with Crippen LogP contribution >= 0.6 is 0 Å². The molecular weight excluding hydrogens is 725 g/mol. The number of nitrogens with zero attached hydrogens (tertiary/aromatic N) is 2. The molecule has 2 aliphatic rings. The summed E-state index contributed by atoms with van der Waals surface area (Å²) in [4.78, 5) is 11.1. The van der Waals surface area contributed by atoms with Crippen LogP contribution in [0.4, 0.5) is 0 Å². The lowest BCUT2D eigenvalue weighted by atomic mass is 9.78. The van der Waals surface area contributed by atoms with Crippen molar-refractivity contribution in [3.63, 3.8) is 0 Å². The van der Waals surface area contributed by atoms with Crippen LogP contribution in [0.3, 0.4) is 0 Å². The van der Waals surface area contributed by atoms with Crippen molar-refractivity contribution in [3.05, 3.63) is 203 Å². The van der Waals surface area contributed by atoms with Gasteiger partial charge in [0.2, 0.25) is 0 Å². The number of aryl methyl sites for hydroxylation is 1. The van der Waals surface area contributed by atoms with Crippen LogP contribution in [0.15, 0.2) is 170 Å². The fourth-order valence-electron chi connectivity index (χ4n) is 11.1. The molecule has 2 heteroatoms.